The molecule has 0 spiro atoms. The normalized spacial score (nSPS) is 14.9. The molecular weight excluding hydrogens is 997 g/mol. The van der Waals surface area contributed by atoms with Crippen molar-refractivity contribution >= 4 is 77.9 Å². The number of nitrogens with zero attached hydrogens (tertiary/aromatic N) is 2. The second kappa shape index (κ2) is 17.7. The van der Waals surface area contributed by atoms with Gasteiger partial charge in [0.2, 0.25) is 0 Å². The van der Waals surface area contributed by atoms with Gasteiger partial charge in [-0.3, -0.25) is 0 Å². The number of ether oxygens (including phenoxy) is 1. The molecule has 1 fully saturated rings. The summed E-state index contributed by atoms with van der Waals surface area (Å²) in [4.78, 5) is 4.65. The van der Waals surface area contributed by atoms with Crippen molar-refractivity contribution in [2.75, 3.05) is 13.2 Å². The fourth-order valence-corrected chi connectivity index (χ4v) is 16.5. The van der Waals surface area contributed by atoms with Gasteiger partial charge in [-0.15, -0.1) is 0 Å². The molecule has 4 aromatic carbocycles. The monoisotopic (exact) mass is 1040 g/mol. The third kappa shape index (κ3) is 7.60. The second-order valence-electron chi connectivity index (χ2n) is 13.6. The molecule has 8 rings (SSSR count). The van der Waals surface area contributed by atoms with Crippen molar-refractivity contribution in [2.45, 2.75) is 27.7 Å². The number of thiophene rings is 2. The minimum absolute atomic E-state index is 0.172. The summed E-state index contributed by atoms with van der Waals surface area (Å²) in [5, 5.41) is 4.92. The molecule has 0 atom stereocenters. The van der Waals surface area contributed by atoms with Crippen LogP contribution in [-0.4, -0.2) is 36.1 Å². The number of hydrogen-bond donors (Lipinski definition) is 0. The Bertz CT molecular complexity index is 2730. The molecule has 281 valence electrons. The maximum atomic E-state index is 6.00. The van der Waals surface area contributed by atoms with E-state index in [4.69, 9.17) is 12.7 Å². The molecule has 0 unspecified atom stereocenters. The SMILES string of the molecule is CC=C1COCC1=CC(C#Cc1ccc(-c2c(C)c(C)c(-c3ccc(/C=C/C)s3)c3n[se]nc23)s1)=C([C]#[Os])[P+](c1ccccc1)(c1ccccc1)c1ccccc1. The van der Waals surface area contributed by atoms with Gasteiger partial charge in [-0.05, 0) is 0 Å². The molecule has 1 aliphatic heterocycles. The molecule has 8 heteroatoms. The second-order valence-corrected chi connectivity index (χ2v) is 20.9. The van der Waals surface area contributed by atoms with Crippen LogP contribution in [0, 0.1) is 30.1 Å². The van der Waals surface area contributed by atoms with E-state index in [1.165, 1.54) is 58.4 Å². The molecule has 0 amide bonds. The van der Waals surface area contributed by atoms with Gasteiger partial charge in [-0.25, -0.2) is 0 Å². The standard InChI is InChI=1S/C49H39N2OPS2Se.Os/c1-6-17-42-26-28-44(54-42)46-33(3)34(4)47(49-48(46)50-56-51-49)45-29-27-43(55-45)25-24-37(30-38-32-52-31-36(38)7-2)35(5)53(39-18-11-8-12-19-39,40-20-13-9-14-21-40)41-22-15-10-16-23-41;/h6-23,26-30H,31-32H2,1-4H3;/q+1;/b17-6+,36-7?,37-35?,38-30?;. The fraction of sp³-hybridized carbons (Fsp3) is 0.122. The maximum absolute atomic E-state index is 6.00. The van der Waals surface area contributed by atoms with Crippen LogP contribution < -0.4 is 15.9 Å². The third-order valence-electron chi connectivity index (χ3n) is 10.4. The Morgan fingerprint density at radius 2 is 1.26 bits per heavy atom. The van der Waals surface area contributed by atoms with Crippen molar-refractivity contribution in [3.63, 3.8) is 0 Å². The predicted molar refractivity (Wildman–Crippen MR) is 243 cm³/mol. The van der Waals surface area contributed by atoms with Crippen LogP contribution in [0.2, 0.25) is 0 Å². The molecule has 3 nitrogen and oxygen atoms in total. The first-order chi connectivity index (χ1) is 28.0. The third-order valence-corrected chi connectivity index (χ3v) is 18.9. The van der Waals surface area contributed by atoms with Crippen LogP contribution in [0.1, 0.15) is 34.7 Å². The Morgan fingerprint density at radius 3 is 1.81 bits per heavy atom. The molecular formula is C49H39N2OOsPS2Se+. The van der Waals surface area contributed by atoms with Gasteiger partial charge in [0.1, 0.15) is 0 Å². The average Bonchev–Trinajstić information content (AvgIpc) is 4.10. The van der Waals surface area contributed by atoms with E-state index in [2.05, 4.69) is 183 Å². The zero-order valence-corrected chi connectivity index (χ0v) is 38.8. The summed E-state index contributed by atoms with van der Waals surface area (Å²) >= 11 is 5.15. The van der Waals surface area contributed by atoms with Crippen molar-refractivity contribution in [1.29, 1.82) is 0 Å². The molecule has 1 saturated heterocycles. The van der Waals surface area contributed by atoms with Crippen molar-refractivity contribution < 1.29 is 22.7 Å². The Morgan fingerprint density at radius 1 is 0.719 bits per heavy atom. The summed E-state index contributed by atoms with van der Waals surface area (Å²) in [5.74, 6) is 7.44. The number of fused-ring (bicyclic) bond motifs is 1. The van der Waals surface area contributed by atoms with E-state index in [9.17, 15) is 0 Å². The Kier molecular flexibility index (Phi) is 12.3. The van der Waals surface area contributed by atoms with E-state index in [1.807, 2.05) is 11.3 Å². The zero-order chi connectivity index (χ0) is 39.4. The van der Waals surface area contributed by atoms with Crippen molar-refractivity contribution in [1.82, 2.24) is 7.96 Å². The quantitative estimate of drug-likeness (QED) is 0.0864. The van der Waals surface area contributed by atoms with E-state index >= 15 is 0 Å². The first-order valence-electron chi connectivity index (χ1n) is 18.7. The number of allylic oxidation sites excluding steroid dienone is 5. The van der Waals surface area contributed by atoms with Gasteiger partial charge in [0.05, 0.1) is 0 Å². The van der Waals surface area contributed by atoms with E-state index < -0.39 is 7.26 Å². The molecule has 0 aliphatic carbocycles. The summed E-state index contributed by atoms with van der Waals surface area (Å²) in [7, 11) is -2.48. The molecule has 0 saturated carbocycles. The zero-order valence-electron chi connectivity index (χ0n) is 32.0. The fourth-order valence-electron chi connectivity index (χ4n) is 7.53. The molecule has 57 heavy (non-hydrogen) atoms. The van der Waals surface area contributed by atoms with Gasteiger partial charge < -0.3 is 0 Å². The topological polar surface area (TPSA) is 35.0 Å². The molecule has 7 aromatic rings. The summed E-state index contributed by atoms with van der Waals surface area (Å²) in [6, 6.07) is 41.7. The first kappa shape index (κ1) is 39.5. The number of aromatic nitrogens is 2. The number of hydrogen-bond acceptors (Lipinski definition) is 5. The van der Waals surface area contributed by atoms with Crippen molar-refractivity contribution in [3.8, 4) is 37.1 Å². The Labute approximate surface area is 360 Å². The molecule has 3 aromatic heterocycles. The van der Waals surface area contributed by atoms with Gasteiger partial charge in [0, 0.05) is 0 Å². The van der Waals surface area contributed by atoms with Crippen molar-refractivity contribution in [3.05, 3.63) is 176 Å². The average molecular weight is 1040 g/mol. The van der Waals surface area contributed by atoms with E-state index in [-0.39, 0.29) is 15.0 Å². The molecule has 0 radical (unpaired) electrons. The molecule has 0 bridgehead atoms. The van der Waals surface area contributed by atoms with E-state index in [0.717, 1.165) is 32.4 Å². The Balaban J connectivity index is 1.33. The van der Waals surface area contributed by atoms with Crippen LogP contribution in [0.4, 0.5) is 0 Å². The van der Waals surface area contributed by atoms with Gasteiger partial charge in [0.15, 0.2) is 0 Å². The van der Waals surface area contributed by atoms with Crippen LogP contribution in [-0.2, 0) is 22.7 Å². The summed E-state index contributed by atoms with van der Waals surface area (Å²) in [6.07, 6.45) is 8.69. The van der Waals surface area contributed by atoms with Gasteiger partial charge >= 0.3 is 363 Å². The van der Waals surface area contributed by atoms with Gasteiger partial charge in [-0.1, -0.05) is 0 Å². The summed E-state index contributed by atoms with van der Waals surface area (Å²) in [6.45, 7) is 9.77. The van der Waals surface area contributed by atoms with Crippen LogP contribution in [0.5, 0.6) is 0 Å². The predicted octanol–water partition coefficient (Wildman–Crippen LogP) is 10.8. The first-order valence-corrected chi connectivity index (χ1v) is 24.9. The van der Waals surface area contributed by atoms with E-state index in [0.29, 0.717) is 13.2 Å². The van der Waals surface area contributed by atoms with Crippen LogP contribution >= 0.6 is 29.9 Å². The Hall–Kier alpha value is -4.27. The van der Waals surface area contributed by atoms with Gasteiger partial charge in [0.25, 0.3) is 0 Å². The van der Waals surface area contributed by atoms with E-state index in [1.54, 1.807) is 29.3 Å². The molecule has 4 heterocycles. The van der Waals surface area contributed by atoms with Gasteiger partial charge in [-0.2, -0.15) is 0 Å². The van der Waals surface area contributed by atoms with Crippen LogP contribution in [0.25, 0.3) is 38.0 Å². The summed E-state index contributed by atoms with van der Waals surface area (Å²) < 4.78 is 19.8. The number of rotatable bonds is 8. The molecule has 1 aliphatic rings. The van der Waals surface area contributed by atoms with Crippen LogP contribution in [0.3, 0.4) is 0 Å². The minimum atomic E-state index is -2.48. The molecule has 0 N–H and O–H groups in total. The number of benzene rings is 4. The van der Waals surface area contributed by atoms with Crippen molar-refractivity contribution in [2.24, 2.45) is 0 Å². The van der Waals surface area contributed by atoms with Crippen LogP contribution in [0.15, 0.2) is 156 Å². The summed E-state index contributed by atoms with van der Waals surface area (Å²) in [5.41, 5.74) is 10.3.